The van der Waals surface area contributed by atoms with Gasteiger partial charge >= 0.3 is 31.7 Å². The summed E-state index contributed by atoms with van der Waals surface area (Å²) in [6.45, 7) is 11.3. The first-order valence-corrected chi connectivity index (χ1v) is 51.5. The molecule has 0 spiro atoms. The Labute approximate surface area is 733 Å². The Kier molecular flexibility index (Phi) is 72.0. The molecule has 9 N–H and O–H groups in total. The van der Waals surface area contributed by atoms with Gasteiger partial charge < -0.3 is 79.1 Å². The molecule has 121 heavy (non-hydrogen) atoms. The quantitative estimate of drug-likeness (QED) is 0.0118. The largest absolute Gasteiger partial charge is 0.470 e. The molecule has 2 heterocycles. The SMILES string of the molecule is CCCCCCCCCCCCCC(=O)O[C@H](CCCCCCCCCCC)CC(=O)N[C@H]1C(OC(=O)C[C@@H](CCCCCCCCCCC)OC(=O)CCCCCCCCCCCCC)[C@H](OP(=O)(O)O)C(CO)O[C@H]1OCC1O[C@H](O)[C@@H](NC(=O)C[C@H](O)CCCCCCCCCCC)C(OC(=O)C[C@H](O)CCCCCCCCCCC)[C@@H]1O. The number of hydrogen-bond acceptors (Lipinski definition) is 20. The number of phosphoric acid groups is 1. The number of carbonyl (C=O) groups is 6. The molecule has 2 rings (SSSR count). The van der Waals surface area contributed by atoms with E-state index >= 15 is 4.79 Å². The summed E-state index contributed by atoms with van der Waals surface area (Å²) in [6.07, 6.45) is 40.7. The smallest absolute Gasteiger partial charge is 0.462 e. The summed E-state index contributed by atoms with van der Waals surface area (Å²) < 4.78 is 61.9. The predicted octanol–water partition coefficient (Wildman–Crippen LogP) is 21.3. The minimum Gasteiger partial charge on any atom is -0.462 e. The lowest BCUT2D eigenvalue weighted by atomic mass is 9.95. The van der Waals surface area contributed by atoms with Crippen molar-refractivity contribution in [3.05, 3.63) is 0 Å². The Hall–Kier alpha value is -3.39. The molecule has 2 saturated heterocycles. The maximum absolute atomic E-state index is 15.1. The number of esters is 4. The lowest BCUT2D eigenvalue weighted by Gasteiger charge is -2.46. The van der Waals surface area contributed by atoms with E-state index in [0.717, 1.165) is 199 Å². The Bertz CT molecular complexity index is 2550. The molecule has 2 aliphatic rings. The Morgan fingerprint density at radius 3 is 1.02 bits per heavy atom. The maximum atomic E-state index is 15.1. The van der Waals surface area contributed by atoms with E-state index in [0.29, 0.717) is 51.4 Å². The van der Waals surface area contributed by atoms with E-state index in [1.54, 1.807) is 0 Å². The lowest BCUT2D eigenvalue weighted by molar-refractivity contribution is -0.298. The minimum absolute atomic E-state index is 0.111. The summed E-state index contributed by atoms with van der Waals surface area (Å²) in [5.74, 6) is -4.55. The highest BCUT2D eigenvalue weighted by atomic mass is 31.2. The lowest BCUT2D eigenvalue weighted by Crippen LogP contribution is -2.68. The number of ether oxygens (including phenoxy) is 7. The molecule has 0 aromatic carbocycles. The van der Waals surface area contributed by atoms with Crippen molar-refractivity contribution in [2.75, 3.05) is 13.2 Å². The number of hydrogen-bond donors (Lipinski definition) is 9. The number of aliphatic hydroxyl groups is 5. The van der Waals surface area contributed by atoms with Gasteiger partial charge in [0.05, 0.1) is 51.1 Å². The van der Waals surface area contributed by atoms with E-state index in [1.165, 1.54) is 135 Å². The number of aliphatic hydroxyl groups excluding tert-OH is 5. The summed E-state index contributed by atoms with van der Waals surface area (Å²) in [6, 6.07) is -3.47. The average molecular weight is 1750 g/mol. The molecule has 2 amide bonds. The van der Waals surface area contributed by atoms with Gasteiger partial charge in [0.15, 0.2) is 24.8 Å². The van der Waals surface area contributed by atoms with E-state index in [1.807, 2.05) is 0 Å². The van der Waals surface area contributed by atoms with Crippen molar-refractivity contribution in [2.45, 2.75) is 564 Å². The third-order valence-electron chi connectivity index (χ3n) is 24.1. The fraction of sp³-hybridized carbons (Fsp3) is 0.938. The van der Waals surface area contributed by atoms with Crippen LogP contribution < -0.4 is 10.6 Å². The first-order chi connectivity index (χ1) is 58.6. The zero-order valence-corrected chi connectivity index (χ0v) is 78.2. The van der Waals surface area contributed by atoms with Gasteiger partial charge in [0.1, 0.15) is 48.7 Å². The first kappa shape index (κ1) is 114. The van der Waals surface area contributed by atoms with E-state index in [2.05, 4.69) is 52.2 Å². The predicted molar refractivity (Wildman–Crippen MR) is 479 cm³/mol. The van der Waals surface area contributed by atoms with Gasteiger partial charge in [-0.1, -0.05) is 388 Å². The Morgan fingerprint density at radius 2 is 0.653 bits per heavy atom. The molecule has 0 aliphatic carbocycles. The molecule has 712 valence electrons. The minimum atomic E-state index is -5.62. The zero-order chi connectivity index (χ0) is 88.6. The summed E-state index contributed by atoms with van der Waals surface area (Å²) in [7, 11) is -5.62. The van der Waals surface area contributed by atoms with Gasteiger partial charge in [-0.15, -0.1) is 0 Å². The second-order valence-corrected chi connectivity index (χ2v) is 36.8. The monoisotopic (exact) mass is 1750 g/mol. The van der Waals surface area contributed by atoms with Gasteiger partial charge in [-0.25, -0.2) is 4.57 Å². The van der Waals surface area contributed by atoms with Crippen molar-refractivity contribution < 1.29 is 106 Å². The third-order valence-corrected chi connectivity index (χ3v) is 24.6. The fourth-order valence-corrected chi connectivity index (χ4v) is 17.3. The molecular formula is C96H181N2O22P. The van der Waals surface area contributed by atoms with Crippen molar-refractivity contribution in [2.24, 2.45) is 0 Å². The van der Waals surface area contributed by atoms with Crippen molar-refractivity contribution >= 4 is 43.5 Å². The molecule has 14 atom stereocenters. The molecule has 25 heteroatoms. The number of rotatable bonds is 84. The van der Waals surface area contributed by atoms with Gasteiger partial charge in [-0.3, -0.25) is 33.3 Å². The second kappa shape index (κ2) is 76.6. The Morgan fingerprint density at radius 1 is 0.347 bits per heavy atom. The van der Waals surface area contributed by atoms with Gasteiger partial charge in [-0.2, -0.15) is 0 Å². The molecular weight excluding hydrogens is 1560 g/mol. The molecule has 0 aromatic rings. The molecule has 24 nitrogen and oxygen atoms in total. The molecule has 4 unspecified atom stereocenters. The molecule has 2 aliphatic heterocycles. The van der Waals surface area contributed by atoms with Crippen molar-refractivity contribution in [1.29, 1.82) is 0 Å². The van der Waals surface area contributed by atoms with Crippen LogP contribution >= 0.6 is 7.82 Å². The van der Waals surface area contributed by atoms with Crippen LogP contribution in [0.15, 0.2) is 0 Å². The van der Waals surface area contributed by atoms with Crippen LogP contribution in [0.2, 0.25) is 0 Å². The number of amides is 2. The molecule has 2 fully saturated rings. The molecule has 0 aromatic heterocycles. The molecule has 0 bridgehead atoms. The van der Waals surface area contributed by atoms with Crippen LogP contribution in [0.3, 0.4) is 0 Å². The fourth-order valence-electron chi connectivity index (χ4n) is 16.7. The van der Waals surface area contributed by atoms with E-state index in [4.69, 9.17) is 37.7 Å². The topological polar surface area (TPSA) is 359 Å². The van der Waals surface area contributed by atoms with Crippen LogP contribution in [0.1, 0.15) is 478 Å². The highest BCUT2D eigenvalue weighted by molar-refractivity contribution is 7.46. The van der Waals surface area contributed by atoms with E-state index < -0.39 is 168 Å². The molecule has 0 saturated carbocycles. The van der Waals surface area contributed by atoms with Crippen LogP contribution in [0.4, 0.5) is 0 Å². The van der Waals surface area contributed by atoms with E-state index in [9.17, 15) is 63.9 Å². The van der Waals surface area contributed by atoms with Crippen LogP contribution in [0.25, 0.3) is 0 Å². The Balaban J connectivity index is 2.73. The van der Waals surface area contributed by atoms with Gasteiger partial charge in [0.2, 0.25) is 11.8 Å². The van der Waals surface area contributed by atoms with Crippen molar-refractivity contribution in [1.82, 2.24) is 10.6 Å². The summed E-state index contributed by atoms with van der Waals surface area (Å²) in [5, 5.41) is 63.3. The number of nitrogens with one attached hydrogen (secondary N) is 2. The van der Waals surface area contributed by atoms with Crippen LogP contribution in [-0.4, -0.2) is 170 Å². The second-order valence-electron chi connectivity index (χ2n) is 35.7. The highest BCUT2D eigenvalue weighted by Gasteiger charge is 2.54. The average Bonchev–Trinajstić information content (AvgIpc) is 0.785. The van der Waals surface area contributed by atoms with Gasteiger partial charge in [0.25, 0.3) is 0 Å². The number of unbranched alkanes of at least 4 members (excludes halogenated alkanes) is 52. The summed E-state index contributed by atoms with van der Waals surface area (Å²) in [5.41, 5.74) is 0. The molecule has 0 radical (unpaired) electrons. The highest BCUT2D eigenvalue weighted by Crippen LogP contribution is 2.43. The van der Waals surface area contributed by atoms with Crippen LogP contribution in [-0.2, 0) is 71.0 Å². The van der Waals surface area contributed by atoms with Crippen LogP contribution in [0.5, 0.6) is 0 Å². The number of carbonyl (C=O) groups excluding carboxylic acids is 6. The zero-order valence-electron chi connectivity index (χ0n) is 77.3. The van der Waals surface area contributed by atoms with E-state index in [-0.39, 0.29) is 25.7 Å². The van der Waals surface area contributed by atoms with Gasteiger partial charge in [0, 0.05) is 12.8 Å². The van der Waals surface area contributed by atoms with Crippen LogP contribution in [0, 0.1) is 0 Å². The normalized spacial score (nSPS) is 20.4. The van der Waals surface area contributed by atoms with Crippen molar-refractivity contribution in [3.8, 4) is 0 Å². The van der Waals surface area contributed by atoms with Crippen molar-refractivity contribution in [3.63, 3.8) is 0 Å². The van der Waals surface area contributed by atoms with Gasteiger partial charge in [-0.05, 0) is 51.4 Å². The maximum Gasteiger partial charge on any atom is 0.470 e. The summed E-state index contributed by atoms with van der Waals surface area (Å²) >= 11 is 0. The standard InChI is InChI=1S/C96H181N2O22P/c1-7-13-19-25-31-37-39-45-51-57-63-69-85(104)114-79(67-61-55-49-43-35-29-23-17-11-5)73-84(103)98-90-94(119-88(107)74-80(68-62-56-50-44-36-30-24-18-12-6)115-86(105)70-64-58-52-46-40-38-32-26-20-14-8-2)92(120-121(110,111)112)81(75-99)117-96(90)113-76-82-91(108)93(118-87(106)72-78(101)66-60-54-48-42-34-28-22-16-10-4)89(95(109)116-82)97-83(102)71-77(100)65-59-53-47-41-33-27-21-15-9-3/h77-82,89-96,99-101,108-109H,7-76H2,1-6H3,(H,97,102)(H,98,103)(H2,110,111,112)/t77-,78-,79-,80-,81?,82?,89+,90+,91-,92-,93?,94?,95+,96-/m1/s1. The summed E-state index contributed by atoms with van der Waals surface area (Å²) in [4.78, 5) is 107. The number of phosphoric ester groups is 1. The first-order valence-electron chi connectivity index (χ1n) is 50.0. The third kappa shape index (κ3) is 60.9.